The lowest BCUT2D eigenvalue weighted by Crippen LogP contribution is -2.48. The lowest BCUT2D eigenvalue weighted by Gasteiger charge is -2.33. The molecule has 152 valence electrons. The summed E-state index contributed by atoms with van der Waals surface area (Å²) < 4.78 is 28.0. The van der Waals surface area contributed by atoms with Gasteiger partial charge in [0.2, 0.25) is 10.0 Å². The van der Waals surface area contributed by atoms with Gasteiger partial charge in [-0.05, 0) is 46.3 Å². The second kappa shape index (κ2) is 8.53. The van der Waals surface area contributed by atoms with Gasteiger partial charge in [-0.3, -0.25) is 0 Å². The minimum atomic E-state index is -3.53. The number of hydrogen-bond acceptors (Lipinski definition) is 5. The van der Waals surface area contributed by atoms with Crippen LogP contribution in [-0.4, -0.2) is 43.9 Å². The number of halogens is 3. The molecule has 1 saturated heterocycles. The summed E-state index contributed by atoms with van der Waals surface area (Å²) >= 11 is 17.0. The Morgan fingerprint density at radius 1 is 1.00 bits per heavy atom. The van der Waals surface area contributed by atoms with E-state index in [0.29, 0.717) is 45.6 Å². The van der Waals surface area contributed by atoms with E-state index < -0.39 is 10.0 Å². The molecule has 0 radical (unpaired) electrons. The van der Waals surface area contributed by atoms with Crippen LogP contribution >= 0.6 is 50.5 Å². The molecule has 29 heavy (non-hydrogen) atoms. The van der Waals surface area contributed by atoms with Crippen molar-refractivity contribution in [2.24, 2.45) is 0 Å². The minimum Gasteiger partial charge on any atom is -0.345 e. The number of rotatable bonds is 4. The molecule has 4 rings (SSSR count). The number of sulfonamides is 1. The molecule has 0 bridgehead atoms. The third-order valence-electron chi connectivity index (χ3n) is 4.61. The van der Waals surface area contributed by atoms with Gasteiger partial charge in [0.15, 0.2) is 5.13 Å². The highest BCUT2D eigenvalue weighted by Gasteiger charge is 2.30. The van der Waals surface area contributed by atoms with E-state index >= 15 is 0 Å². The predicted molar refractivity (Wildman–Crippen MR) is 123 cm³/mol. The molecular weight excluding hydrogens is 517 g/mol. The number of aromatic nitrogens is 1. The first kappa shape index (κ1) is 21.1. The Morgan fingerprint density at radius 3 is 2.31 bits per heavy atom. The summed E-state index contributed by atoms with van der Waals surface area (Å²) in [5.74, 6) is 0. The molecule has 0 aliphatic carbocycles. The van der Waals surface area contributed by atoms with Crippen LogP contribution in [0.1, 0.15) is 0 Å². The molecule has 1 aliphatic heterocycles. The van der Waals surface area contributed by atoms with Gasteiger partial charge >= 0.3 is 0 Å². The summed E-state index contributed by atoms with van der Waals surface area (Å²) in [6, 6.07) is 12.2. The smallest absolute Gasteiger partial charge is 0.244 e. The van der Waals surface area contributed by atoms with Crippen molar-refractivity contribution in [2.75, 3.05) is 31.1 Å². The summed E-state index contributed by atoms with van der Waals surface area (Å²) in [4.78, 5) is 7.10. The maximum absolute atomic E-state index is 12.9. The van der Waals surface area contributed by atoms with Crippen molar-refractivity contribution in [1.82, 2.24) is 9.29 Å². The maximum Gasteiger partial charge on any atom is 0.244 e. The van der Waals surface area contributed by atoms with E-state index in [9.17, 15) is 8.42 Å². The number of thiazole rings is 1. The van der Waals surface area contributed by atoms with Crippen LogP contribution in [0.4, 0.5) is 5.13 Å². The van der Waals surface area contributed by atoms with E-state index in [1.165, 1.54) is 15.6 Å². The van der Waals surface area contributed by atoms with E-state index in [0.717, 1.165) is 16.4 Å². The van der Waals surface area contributed by atoms with Crippen LogP contribution in [-0.2, 0) is 10.0 Å². The Labute approximate surface area is 192 Å². The van der Waals surface area contributed by atoms with Crippen LogP contribution in [0, 0.1) is 0 Å². The van der Waals surface area contributed by atoms with Crippen LogP contribution in [0.3, 0.4) is 0 Å². The van der Waals surface area contributed by atoms with Crippen LogP contribution in [0.15, 0.2) is 57.2 Å². The zero-order valence-corrected chi connectivity index (χ0v) is 19.8. The highest BCUT2D eigenvalue weighted by atomic mass is 79.9. The molecule has 2 aromatic carbocycles. The van der Waals surface area contributed by atoms with Crippen LogP contribution in [0.25, 0.3) is 11.3 Å². The van der Waals surface area contributed by atoms with Crippen molar-refractivity contribution in [2.45, 2.75) is 4.90 Å². The summed E-state index contributed by atoms with van der Waals surface area (Å²) in [6.45, 7) is 1.96. The lowest BCUT2D eigenvalue weighted by molar-refractivity contribution is 0.384. The molecule has 10 heteroatoms. The number of nitrogens with zero attached hydrogens (tertiary/aromatic N) is 3. The molecule has 0 spiro atoms. The Kier molecular flexibility index (Phi) is 6.20. The van der Waals surface area contributed by atoms with Crippen molar-refractivity contribution in [3.63, 3.8) is 0 Å². The Hall–Kier alpha value is -1.16. The number of piperazine rings is 1. The van der Waals surface area contributed by atoms with Crippen molar-refractivity contribution >= 4 is 65.6 Å². The number of anilines is 1. The van der Waals surface area contributed by atoms with Crippen molar-refractivity contribution in [1.29, 1.82) is 0 Å². The fraction of sp³-hybridized carbons (Fsp3) is 0.211. The van der Waals surface area contributed by atoms with E-state index in [4.69, 9.17) is 28.2 Å². The minimum absolute atomic E-state index is 0.294. The third kappa shape index (κ3) is 4.47. The van der Waals surface area contributed by atoms with Gasteiger partial charge in [-0.1, -0.05) is 35.3 Å². The molecule has 0 atom stereocenters. The largest absolute Gasteiger partial charge is 0.345 e. The zero-order valence-electron chi connectivity index (χ0n) is 15.1. The SMILES string of the molecule is O=S(=O)(c1ccccc1Br)N1CCN(c2nc(-c3cc(Cl)cc(Cl)c3)cs2)CC1. The van der Waals surface area contributed by atoms with E-state index in [1.54, 1.807) is 30.3 Å². The van der Waals surface area contributed by atoms with Gasteiger partial charge in [0.05, 0.1) is 10.6 Å². The molecule has 0 amide bonds. The maximum atomic E-state index is 12.9. The molecular formula is C19H16BrCl2N3O2S2. The van der Waals surface area contributed by atoms with E-state index in [-0.39, 0.29) is 0 Å². The Morgan fingerprint density at radius 2 is 1.66 bits per heavy atom. The topological polar surface area (TPSA) is 53.5 Å². The number of benzene rings is 2. The first-order valence-electron chi connectivity index (χ1n) is 8.76. The molecule has 0 unspecified atom stereocenters. The molecule has 0 saturated carbocycles. The highest BCUT2D eigenvalue weighted by molar-refractivity contribution is 9.10. The monoisotopic (exact) mass is 531 g/mol. The van der Waals surface area contributed by atoms with Gasteiger partial charge in [-0.2, -0.15) is 4.31 Å². The Bertz CT molecular complexity index is 1130. The normalized spacial score (nSPS) is 15.6. The second-order valence-electron chi connectivity index (χ2n) is 6.49. The quantitative estimate of drug-likeness (QED) is 0.452. The first-order chi connectivity index (χ1) is 13.8. The number of hydrogen-bond donors (Lipinski definition) is 0. The fourth-order valence-corrected chi connectivity index (χ4v) is 6.96. The van der Waals surface area contributed by atoms with Gasteiger partial charge in [0, 0.05) is 51.6 Å². The summed E-state index contributed by atoms with van der Waals surface area (Å²) in [7, 11) is -3.53. The molecule has 2 heterocycles. The third-order valence-corrected chi connectivity index (χ3v) is 8.86. The lowest BCUT2D eigenvalue weighted by atomic mass is 10.2. The van der Waals surface area contributed by atoms with Crippen LogP contribution in [0.5, 0.6) is 0 Å². The second-order valence-corrected chi connectivity index (χ2v) is 11.0. The molecule has 1 fully saturated rings. The van der Waals surface area contributed by atoms with Gasteiger partial charge in [-0.25, -0.2) is 13.4 Å². The highest BCUT2D eigenvalue weighted by Crippen LogP contribution is 2.32. The standard InChI is InChI=1S/C19H16BrCl2N3O2S2/c20-16-3-1-2-4-18(16)29(26,27)25-7-5-24(6-8-25)19-23-17(12-28-19)13-9-14(21)11-15(22)10-13/h1-4,9-12H,5-8H2. The summed E-state index contributed by atoms with van der Waals surface area (Å²) in [5, 5.41) is 3.94. The van der Waals surface area contributed by atoms with Gasteiger partial charge in [0.25, 0.3) is 0 Å². The molecule has 1 aromatic heterocycles. The average Bonchev–Trinajstić information content (AvgIpc) is 3.18. The predicted octanol–water partition coefficient (Wildman–Crippen LogP) is 5.39. The summed E-state index contributed by atoms with van der Waals surface area (Å²) in [5.41, 5.74) is 1.66. The van der Waals surface area contributed by atoms with E-state index in [2.05, 4.69) is 20.8 Å². The van der Waals surface area contributed by atoms with Crippen molar-refractivity contribution in [3.8, 4) is 11.3 Å². The van der Waals surface area contributed by atoms with Crippen molar-refractivity contribution in [3.05, 3.63) is 62.4 Å². The average molecular weight is 533 g/mol. The van der Waals surface area contributed by atoms with Crippen LogP contribution in [0.2, 0.25) is 10.0 Å². The van der Waals surface area contributed by atoms with E-state index in [1.807, 2.05) is 17.5 Å². The summed E-state index contributed by atoms with van der Waals surface area (Å²) in [6.07, 6.45) is 0. The first-order valence-corrected chi connectivity index (χ1v) is 12.6. The van der Waals surface area contributed by atoms with Crippen LogP contribution < -0.4 is 4.90 Å². The fourth-order valence-electron chi connectivity index (χ4n) is 3.16. The van der Waals surface area contributed by atoms with Crippen molar-refractivity contribution < 1.29 is 8.42 Å². The molecule has 3 aromatic rings. The van der Waals surface area contributed by atoms with Gasteiger partial charge < -0.3 is 4.90 Å². The van der Waals surface area contributed by atoms with Gasteiger partial charge in [-0.15, -0.1) is 11.3 Å². The molecule has 1 aliphatic rings. The molecule has 0 N–H and O–H groups in total. The Balaban J connectivity index is 1.48. The van der Waals surface area contributed by atoms with Gasteiger partial charge in [0.1, 0.15) is 0 Å². The zero-order chi connectivity index (χ0) is 20.6. The molecule has 5 nitrogen and oxygen atoms in total.